The Kier molecular flexibility index (Phi) is 5.10. The summed E-state index contributed by atoms with van der Waals surface area (Å²) in [6.07, 6.45) is 0. The zero-order chi connectivity index (χ0) is 20.4. The molecule has 3 rings (SSSR count). The van der Waals surface area contributed by atoms with Crippen molar-refractivity contribution in [3.05, 3.63) is 58.1 Å². The molecule has 9 heteroatoms. The van der Waals surface area contributed by atoms with Gasteiger partial charge in [-0.1, -0.05) is 12.1 Å². The minimum Gasteiger partial charge on any atom is -0.507 e. The lowest BCUT2D eigenvalue weighted by atomic mass is 9.82. The molecular formula is C19H14O9. The van der Waals surface area contributed by atoms with Crippen molar-refractivity contribution < 1.29 is 44.0 Å². The fraction of sp³-hybridized carbons (Fsp3) is 0.158. The molecule has 28 heavy (non-hydrogen) atoms. The predicted molar refractivity (Wildman–Crippen MR) is 91.3 cm³/mol. The Morgan fingerprint density at radius 3 is 2.32 bits per heavy atom. The number of esters is 1. The Bertz CT molecular complexity index is 1010. The number of benzene rings is 2. The topological polar surface area (TPSA) is 147 Å². The van der Waals surface area contributed by atoms with Crippen molar-refractivity contribution in [3.63, 3.8) is 0 Å². The highest BCUT2D eigenvalue weighted by molar-refractivity contribution is 6.30. The van der Waals surface area contributed by atoms with E-state index in [2.05, 4.69) is 4.74 Å². The molecule has 0 amide bonds. The summed E-state index contributed by atoms with van der Waals surface area (Å²) < 4.78 is 9.50. The number of carbonyl (C=O) groups is 4. The van der Waals surface area contributed by atoms with Gasteiger partial charge < -0.3 is 24.8 Å². The van der Waals surface area contributed by atoms with Crippen LogP contribution in [-0.2, 0) is 25.7 Å². The molecule has 0 atom stereocenters. The number of hydrogen-bond acceptors (Lipinski definition) is 8. The van der Waals surface area contributed by atoms with Crippen LogP contribution in [0.4, 0.5) is 0 Å². The Hall–Kier alpha value is -3.72. The van der Waals surface area contributed by atoms with E-state index in [0.29, 0.717) is 0 Å². The molecule has 0 aliphatic heterocycles. The van der Waals surface area contributed by atoms with Crippen molar-refractivity contribution in [3.8, 4) is 11.5 Å². The summed E-state index contributed by atoms with van der Waals surface area (Å²) in [5.74, 6) is -4.17. The summed E-state index contributed by atoms with van der Waals surface area (Å²) in [6.45, 7) is -1.56. The van der Waals surface area contributed by atoms with Crippen LogP contribution in [0.15, 0.2) is 30.3 Å². The first-order chi connectivity index (χ1) is 13.3. The summed E-state index contributed by atoms with van der Waals surface area (Å²) in [7, 11) is 0. The largest absolute Gasteiger partial charge is 0.507 e. The number of hydrogen-bond donors (Lipinski definition) is 3. The van der Waals surface area contributed by atoms with E-state index in [1.54, 1.807) is 0 Å². The Balaban J connectivity index is 1.82. The number of aromatic hydroxyl groups is 2. The Labute approximate surface area is 157 Å². The summed E-state index contributed by atoms with van der Waals surface area (Å²) in [6, 6.07) is 6.56. The van der Waals surface area contributed by atoms with E-state index < -0.39 is 42.5 Å². The smallest absolute Gasteiger partial charge is 0.332 e. The number of carboxylic acids is 1. The second-order valence-corrected chi connectivity index (χ2v) is 5.94. The SMILES string of the molecule is O=C(O)COCC(=O)OCc1cc(O)c2c(c1)C(=O)c1cccc(O)c1C2=O. The highest BCUT2D eigenvalue weighted by Crippen LogP contribution is 2.37. The number of phenolic OH excluding ortho intramolecular Hbond substituents is 2. The van der Waals surface area contributed by atoms with Gasteiger partial charge in [-0.3, -0.25) is 9.59 Å². The summed E-state index contributed by atoms with van der Waals surface area (Å²) in [5, 5.41) is 28.6. The number of ketones is 2. The van der Waals surface area contributed by atoms with Crippen LogP contribution in [0.25, 0.3) is 0 Å². The molecule has 2 aromatic carbocycles. The number of ether oxygens (including phenoxy) is 2. The van der Waals surface area contributed by atoms with Gasteiger partial charge in [-0.05, 0) is 23.8 Å². The molecule has 0 unspecified atom stereocenters. The molecule has 1 aliphatic rings. The molecule has 0 spiro atoms. The second-order valence-electron chi connectivity index (χ2n) is 5.94. The van der Waals surface area contributed by atoms with Gasteiger partial charge in [-0.2, -0.15) is 0 Å². The highest BCUT2D eigenvalue weighted by atomic mass is 16.6. The molecule has 0 aromatic heterocycles. The maximum absolute atomic E-state index is 12.7. The lowest BCUT2D eigenvalue weighted by molar-refractivity contribution is -0.153. The van der Waals surface area contributed by atoms with Gasteiger partial charge in [0.15, 0.2) is 5.78 Å². The normalized spacial score (nSPS) is 12.3. The van der Waals surface area contributed by atoms with Crippen LogP contribution in [0.1, 0.15) is 37.4 Å². The first kappa shape index (κ1) is 19.1. The summed E-state index contributed by atoms with van der Waals surface area (Å²) >= 11 is 0. The van der Waals surface area contributed by atoms with E-state index in [4.69, 9.17) is 9.84 Å². The van der Waals surface area contributed by atoms with Gasteiger partial charge in [0.05, 0.1) is 11.1 Å². The first-order valence-corrected chi connectivity index (χ1v) is 8.02. The average Bonchev–Trinajstić information content (AvgIpc) is 2.63. The third-order valence-electron chi connectivity index (χ3n) is 4.01. The Morgan fingerprint density at radius 2 is 1.61 bits per heavy atom. The van der Waals surface area contributed by atoms with Crippen LogP contribution in [0.3, 0.4) is 0 Å². The number of rotatable bonds is 6. The molecule has 0 bridgehead atoms. The molecule has 0 saturated carbocycles. The number of fused-ring (bicyclic) bond motifs is 2. The Morgan fingerprint density at radius 1 is 0.893 bits per heavy atom. The van der Waals surface area contributed by atoms with Crippen molar-refractivity contribution in [1.29, 1.82) is 0 Å². The van der Waals surface area contributed by atoms with Crippen LogP contribution in [0, 0.1) is 0 Å². The molecule has 9 nitrogen and oxygen atoms in total. The first-order valence-electron chi connectivity index (χ1n) is 8.02. The van der Waals surface area contributed by atoms with E-state index in [1.165, 1.54) is 30.3 Å². The zero-order valence-electron chi connectivity index (χ0n) is 14.3. The van der Waals surface area contributed by atoms with Gasteiger partial charge in [-0.25, -0.2) is 9.59 Å². The maximum Gasteiger partial charge on any atom is 0.332 e. The van der Waals surface area contributed by atoms with Crippen LogP contribution in [0.5, 0.6) is 11.5 Å². The molecule has 0 fully saturated rings. The van der Waals surface area contributed by atoms with Crippen LogP contribution < -0.4 is 0 Å². The van der Waals surface area contributed by atoms with E-state index in [-0.39, 0.29) is 40.2 Å². The van der Waals surface area contributed by atoms with Gasteiger partial charge in [0.2, 0.25) is 5.78 Å². The lowest BCUT2D eigenvalue weighted by Crippen LogP contribution is -2.22. The lowest BCUT2D eigenvalue weighted by Gasteiger charge is -2.20. The van der Waals surface area contributed by atoms with Gasteiger partial charge in [0.25, 0.3) is 0 Å². The zero-order valence-corrected chi connectivity index (χ0v) is 14.3. The third-order valence-corrected chi connectivity index (χ3v) is 4.01. The number of carboxylic acid groups (broad SMARTS) is 1. The fourth-order valence-electron chi connectivity index (χ4n) is 2.85. The molecule has 144 valence electrons. The molecule has 1 aliphatic carbocycles. The minimum atomic E-state index is -1.23. The number of carbonyl (C=O) groups excluding carboxylic acids is 3. The molecular weight excluding hydrogens is 372 g/mol. The van der Waals surface area contributed by atoms with Gasteiger partial charge >= 0.3 is 11.9 Å². The van der Waals surface area contributed by atoms with E-state index in [1.807, 2.05) is 0 Å². The van der Waals surface area contributed by atoms with Crippen LogP contribution >= 0.6 is 0 Å². The van der Waals surface area contributed by atoms with Crippen LogP contribution in [0.2, 0.25) is 0 Å². The highest BCUT2D eigenvalue weighted by Gasteiger charge is 2.34. The van der Waals surface area contributed by atoms with Gasteiger partial charge in [0.1, 0.15) is 31.3 Å². The number of phenols is 2. The van der Waals surface area contributed by atoms with E-state index in [9.17, 15) is 29.4 Å². The van der Waals surface area contributed by atoms with Gasteiger partial charge in [0, 0.05) is 11.1 Å². The summed E-state index contributed by atoms with van der Waals surface area (Å²) in [4.78, 5) is 47.2. The quantitative estimate of drug-likeness (QED) is 0.528. The summed E-state index contributed by atoms with van der Waals surface area (Å²) in [5.41, 5.74) is -0.235. The molecule has 0 heterocycles. The average molecular weight is 386 g/mol. The van der Waals surface area contributed by atoms with Crippen molar-refractivity contribution >= 4 is 23.5 Å². The predicted octanol–water partition coefficient (Wildman–Crippen LogP) is 1.02. The minimum absolute atomic E-state index is 0.00751. The maximum atomic E-state index is 12.7. The van der Waals surface area contributed by atoms with Crippen LogP contribution in [-0.4, -0.2) is 52.0 Å². The molecule has 0 saturated heterocycles. The van der Waals surface area contributed by atoms with Gasteiger partial charge in [-0.15, -0.1) is 0 Å². The fourth-order valence-corrected chi connectivity index (χ4v) is 2.85. The van der Waals surface area contributed by atoms with Crippen molar-refractivity contribution in [2.75, 3.05) is 13.2 Å². The van der Waals surface area contributed by atoms with Crippen molar-refractivity contribution in [2.24, 2.45) is 0 Å². The second kappa shape index (κ2) is 7.49. The van der Waals surface area contributed by atoms with Crippen molar-refractivity contribution in [1.82, 2.24) is 0 Å². The molecule has 0 radical (unpaired) electrons. The third kappa shape index (κ3) is 3.55. The molecule has 3 N–H and O–H groups in total. The molecule has 2 aromatic rings. The van der Waals surface area contributed by atoms with E-state index >= 15 is 0 Å². The monoisotopic (exact) mass is 386 g/mol. The van der Waals surface area contributed by atoms with E-state index in [0.717, 1.165) is 0 Å². The number of aliphatic carboxylic acids is 1. The standard InChI is InChI=1S/C19H14O9/c20-12-3-1-2-10-16(12)19(26)17-11(18(10)25)4-9(5-13(17)21)6-28-15(24)8-27-7-14(22)23/h1-5,20-21H,6-8H2,(H,22,23). The van der Waals surface area contributed by atoms with Crippen molar-refractivity contribution in [2.45, 2.75) is 6.61 Å².